The van der Waals surface area contributed by atoms with E-state index in [1.165, 1.54) is 0 Å². The van der Waals surface area contributed by atoms with Crippen molar-refractivity contribution in [1.82, 2.24) is 9.78 Å². The normalized spacial score (nSPS) is 12.3. The molecule has 0 bridgehead atoms. The fourth-order valence-corrected chi connectivity index (χ4v) is 1.71. The summed E-state index contributed by atoms with van der Waals surface area (Å²) in [6.07, 6.45) is 3.99. The highest BCUT2D eigenvalue weighted by Crippen LogP contribution is 2.19. The highest BCUT2D eigenvalue weighted by atomic mass is 16.5. The summed E-state index contributed by atoms with van der Waals surface area (Å²) in [5.74, 6) is 0.814. The molecule has 4 nitrogen and oxygen atoms in total. The maximum atomic E-state index is 9.67. The minimum Gasteiger partial charge on any atom is -0.492 e. The van der Waals surface area contributed by atoms with E-state index in [4.69, 9.17) is 4.74 Å². The van der Waals surface area contributed by atoms with Gasteiger partial charge >= 0.3 is 0 Å². The highest BCUT2D eigenvalue weighted by molar-refractivity contribution is 5.28. The SMILES string of the molecule is CC[C@H](O)c1ccc(OCCn2cccn2)cc1. The topological polar surface area (TPSA) is 47.3 Å². The quantitative estimate of drug-likeness (QED) is 0.851. The van der Waals surface area contributed by atoms with Gasteiger partial charge in [-0.15, -0.1) is 0 Å². The maximum absolute atomic E-state index is 9.67. The van der Waals surface area contributed by atoms with E-state index in [2.05, 4.69) is 5.10 Å². The third-order valence-electron chi connectivity index (χ3n) is 2.80. The highest BCUT2D eigenvalue weighted by Gasteiger charge is 2.04. The Hall–Kier alpha value is -1.81. The van der Waals surface area contributed by atoms with Crippen LogP contribution in [0.25, 0.3) is 0 Å². The van der Waals surface area contributed by atoms with Gasteiger partial charge in [-0.05, 0) is 30.2 Å². The monoisotopic (exact) mass is 246 g/mol. The van der Waals surface area contributed by atoms with Gasteiger partial charge in [-0.3, -0.25) is 4.68 Å². The number of nitrogens with zero attached hydrogens (tertiary/aromatic N) is 2. The third-order valence-corrected chi connectivity index (χ3v) is 2.80. The lowest BCUT2D eigenvalue weighted by molar-refractivity contribution is 0.173. The second-order valence-corrected chi connectivity index (χ2v) is 4.11. The first-order valence-corrected chi connectivity index (χ1v) is 6.18. The Bertz CT molecular complexity index is 451. The van der Waals surface area contributed by atoms with E-state index in [1.54, 1.807) is 6.20 Å². The van der Waals surface area contributed by atoms with Gasteiger partial charge in [0.2, 0.25) is 0 Å². The van der Waals surface area contributed by atoms with Gasteiger partial charge in [-0.25, -0.2) is 0 Å². The van der Waals surface area contributed by atoms with Crippen molar-refractivity contribution in [3.63, 3.8) is 0 Å². The van der Waals surface area contributed by atoms with E-state index in [9.17, 15) is 5.11 Å². The molecular formula is C14H18N2O2. The minimum absolute atomic E-state index is 0.386. The number of hydrogen-bond acceptors (Lipinski definition) is 3. The van der Waals surface area contributed by atoms with Crippen LogP contribution in [0.1, 0.15) is 25.0 Å². The molecular weight excluding hydrogens is 228 g/mol. The van der Waals surface area contributed by atoms with Crippen LogP contribution in [-0.4, -0.2) is 21.5 Å². The molecule has 1 N–H and O–H groups in total. The minimum atomic E-state index is -0.386. The number of aliphatic hydroxyl groups is 1. The Labute approximate surface area is 107 Å². The van der Waals surface area contributed by atoms with Gasteiger partial charge in [0.05, 0.1) is 12.6 Å². The second-order valence-electron chi connectivity index (χ2n) is 4.11. The molecule has 0 unspecified atom stereocenters. The fraction of sp³-hybridized carbons (Fsp3) is 0.357. The van der Waals surface area contributed by atoms with Gasteiger partial charge < -0.3 is 9.84 Å². The molecule has 0 saturated heterocycles. The lowest BCUT2D eigenvalue weighted by Gasteiger charge is -2.10. The number of hydrogen-bond donors (Lipinski definition) is 1. The molecule has 0 spiro atoms. The van der Waals surface area contributed by atoms with Crippen LogP contribution in [0.2, 0.25) is 0 Å². The van der Waals surface area contributed by atoms with Crippen LogP contribution < -0.4 is 4.74 Å². The van der Waals surface area contributed by atoms with Crippen molar-refractivity contribution in [2.24, 2.45) is 0 Å². The van der Waals surface area contributed by atoms with Crippen molar-refractivity contribution >= 4 is 0 Å². The van der Waals surface area contributed by atoms with Gasteiger partial charge in [0, 0.05) is 12.4 Å². The van der Waals surface area contributed by atoms with E-state index in [0.29, 0.717) is 6.61 Å². The van der Waals surface area contributed by atoms with Gasteiger partial charge in [0.15, 0.2) is 0 Å². The predicted octanol–water partition coefficient (Wildman–Crippen LogP) is 2.41. The van der Waals surface area contributed by atoms with Crippen LogP contribution in [0, 0.1) is 0 Å². The van der Waals surface area contributed by atoms with E-state index in [0.717, 1.165) is 24.3 Å². The van der Waals surface area contributed by atoms with Crippen molar-refractivity contribution in [3.8, 4) is 5.75 Å². The molecule has 18 heavy (non-hydrogen) atoms. The molecule has 2 aromatic rings. The summed E-state index contributed by atoms with van der Waals surface area (Å²) >= 11 is 0. The number of aromatic nitrogens is 2. The van der Waals surface area contributed by atoms with Gasteiger partial charge in [0.1, 0.15) is 12.4 Å². The van der Waals surface area contributed by atoms with Crippen molar-refractivity contribution < 1.29 is 9.84 Å². The van der Waals surface area contributed by atoms with Crippen molar-refractivity contribution in [2.45, 2.75) is 26.0 Å². The molecule has 1 heterocycles. The van der Waals surface area contributed by atoms with Crippen LogP contribution in [-0.2, 0) is 6.54 Å². The molecule has 0 saturated carbocycles. The Balaban J connectivity index is 1.83. The summed E-state index contributed by atoms with van der Waals surface area (Å²) in [5.41, 5.74) is 0.928. The summed E-state index contributed by atoms with van der Waals surface area (Å²) in [4.78, 5) is 0. The van der Waals surface area contributed by atoms with Crippen LogP contribution in [0.5, 0.6) is 5.75 Å². The van der Waals surface area contributed by atoms with E-state index in [-0.39, 0.29) is 6.10 Å². The summed E-state index contributed by atoms with van der Waals surface area (Å²) in [5, 5.41) is 13.8. The average Bonchev–Trinajstić information content (AvgIpc) is 2.92. The lowest BCUT2D eigenvalue weighted by Crippen LogP contribution is -2.08. The van der Waals surface area contributed by atoms with Gasteiger partial charge in [-0.1, -0.05) is 19.1 Å². The molecule has 4 heteroatoms. The molecule has 0 aliphatic heterocycles. The first-order chi connectivity index (χ1) is 8.79. The van der Waals surface area contributed by atoms with Crippen molar-refractivity contribution in [1.29, 1.82) is 0 Å². The number of benzene rings is 1. The van der Waals surface area contributed by atoms with Crippen LogP contribution in [0.4, 0.5) is 0 Å². The fourth-order valence-electron chi connectivity index (χ4n) is 1.71. The summed E-state index contributed by atoms with van der Waals surface area (Å²) < 4.78 is 7.43. The zero-order valence-corrected chi connectivity index (χ0v) is 10.5. The van der Waals surface area contributed by atoms with Crippen LogP contribution in [0.3, 0.4) is 0 Å². The molecule has 0 fully saturated rings. The summed E-state index contributed by atoms with van der Waals surface area (Å²) in [6, 6.07) is 9.46. The molecule has 1 atom stereocenters. The molecule has 1 aromatic heterocycles. The molecule has 96 valence electrons. The largest absolute Gasteiger partial charge is 0.492 e. The zero-order valence-electron chi connectivity index (χ0n) is 10.5. The van der Waals surface area contributed by atoms with Crippen LogP contribution >= 0.6 is 0 Å². The van der Waals surface area contributed by atoms with Crippen molar-refractivity contribution in [2.75, 3.05) is 6.61 Å². The zero-order chi connectivity index (χ0) is 12.8. The maximum Gasteiger partial charge on any atom is 0.119 e. The molecule has 0 aliphatic rings. The molecule has 1 aromatic carbocycles. The first kappa shape index (κ1) is 12.6. The summed E-state index contributed by atoms with van der Waals surface area (Å²) in [7, 11) is 0. The van der Waals surface area contributed by atoms with Crippen LogP contribution in [0.15, 0.2) is 42.7 Å². The van der Waals surface area contributed by atoms with Gasteiger partial charge in [0.25, 0.3) is 0 Å². The number of rotatable bonds is 6. The molecule has 0 aliphatic carbocycles. The summed E-state index contributed by atoms with van der Waals surface area (Å²) in [6.45, 7) is 3.27. The van der Waals surface area contributed by atoms with Gasteiger partial charge in [-0.2, -0.15) is 5.10 Å². The Morgan fingerprint density at radius 2 is 2.11 bits per heavy atom. The lowest BCUT2D eigenvalue weighted by atomic mass is 10.1. The van der Waals surface area contributed by atoms with E-state index in [1.807, 2.05) is 48.1 Å². The Morgan fingerprint density at radius 3 is 2.72 bits per heavy atom. The Kier molecular flexibility index (Phi) is 4.36. The Morgan fingerprint density at radius 1 is 1.33 bits per heavy atom. The second kappa shape index (κ2) is 6.21. The molecule has 0 amide bonds. The predicted molar refractivity (Wildman–Crippen MR) is 69.4 cm³/mol. The number of aliphatic hydroxyl groups excluding tert-OH is 1. The molecule has 0 radical (unpaired) electrons. The van der Waals surface area contributed by atoms with E-state index < -0.39 is 0 Å². The molecule has 2 rings (SSSR count). The smallest absolute Gasteiger partial charge is 0.119 e. The standard InChI is InChI=1S/C14H18N2O2/c1-2-14(17)12-4-6-13(7-5-12)18-11-10-16-9-3-8-15-16/h3-9,14,17H,2,10-11H2,1H3/t14-/m0/s1. The average molecular weight is 246 g/mol. The van der Waals surface area contributed by atoms with Crippen molar-refractivity contribution in [3.05, 3.63) is 48.3 Å². The first-order valence-electron chi connectivity index (χ1n) is 6.18. The number of ether oxygens (including phenoxy) is 1. The third kappa shape index (κ3) is 3.34. The van der Waals surface area contributed by atoms with E-state index >= 15 is 0 Å².